The number of benzene rings is 1. The van der Waals surface area contributed by atoms with Gasteiger partial charge in [-0.15, -0.1) is 0 Å². The highest BCUT2D eigenvalue weighted by atomic mass is 32.1. The van der Waals surface area contributed by atoms with E-state index in [9.17, 15) is 9.59 Å². The van der Waals surface area contributed by atoms with Crippen LogP contribution in [0.1, 0.15) is 30.1 Å². The average molecular weight is 361 g/mol. The van der Waals surface area contributed by atoms with Crippen LogP contribution in [0.15, 0.2) is 23.0 Å². The largest absolute Gasteiger partial charge is 0.383 e. The Kier molecular flexibility index (Phi) is 5.34. The molecule has 1 aliphatic rings. The minimum Gasteiger partial charge on any atom is -0.383 e. The van der Waals surface area contributed by atoms with Crippen molar-refractivity contribution in [3.63, 3.8) is 0 Å². The number of fused-ring (bicyclic) bond motifs is 1. The lowest BCUT2D eigenvalue weighted by Crippen LogP contribution is -2.39. The SMILES string of the molecule is COCCn1c(=S)[nH]c2cc(C(=O)N3CCC[C@H](C)C3)ccc2c1=O. The summed E-state index contributed by atoms with van der Waals surface area (Å²) in [7, 11) is 1.58. The molecule has 0 bridgehead atoms. The number of nitrogens with zero attached hydrogens (tertiary/aromatic N) is 2. The molecule has 7 heteroatoms. The Bertz CT molecular complexity index is 903. The number of hydrogen-bond donors (Lipinski definition) is 1. The molecule has 1 atom stereocenters. The molecule has 0 aliphatic carbocycles. The topological polar surface area (TPSA) is 67.3 Å². The molecular weight excluding hydrogens is 338 g/mol. The van der Waals surface area contributed by atoms with E-state index >= 15 is 0 Å². The third-order valence-corrected chi connectivity index (χ3v) is 5.01. The molecule has 3 rings (SSSR count). The summed E-state index contributed by atoms with van der Waals surface area (Å²) in [5.74, 6) is 0.535. The third kappa shape index (κ3) is 3.67. The molecule has 1 N–H and O–H groups in total. The number of carbonyl (C=O) groups is 1. The number of hydrogen-bond acceptors (Lipinski definition) is 4. The molecule has 0 radical (unpaired) electrons. The van der Waals surface area contributed by atoms with Crippen molar-refractivity contribution in [1.82, 2.24) is 14.5 Å². The number of rotatable bonds is 4. The number of nitrogens with one attached hydrogen (secondary N) is 1. The molecule has 134 valence electrons. The number of aromatic amines is 1. The lowest BCUT2D eigenvalue weighted by atomic mass is 9.99. The van der Waals surface area contributed by atoms with Crippen LogP contribution in [0.5, 0.6) is 0 Å². The number of H-pyrrole nitrogens is 1. The van der Waals surface area contributed by atoms with Gasteiger partial charge < -0.3 is 14.6 Å². The van der Waals surface area contributed by atoms with E-state index in [1.54, 1.807) is 25.3 Å². The Balaban J connectivity index is 1.96. The van der Waals surface area contributed by atoms with Gasteiger partial charge in [0.25, 0.3) is 11.5 Å². The normalized spacial score (nSPS) is 17.8. The summed E-state index contributed by atoms with van der Waals surface area (Å²) in [5, 5.41) is 0.522. The van der Waals surface area contributed by atoms with E-state index in [0.29, 0.717) is 40.3 Å². The first-order valence-corrected chi connectivity index (χ1v) is 8.97. The minimum absolute atomic E-state index is 0.0105. The molecule has 1 saturated heterocycles. The van der Waals surface area contributed by atoms with Crippen molar-refractivity contribution in [1.29, 1.82) is 0 Å². The summed E-state index contributed by atoms with van der Waals surface area (Å²) in [4.78, 5) is 30.3. The van der Waals surface area contributed by atoms with Crippen molar-refractivity contribution < 1.29 is 9.53 Å². The van der Waals surface area contributed by atoms with E-state index in [-0.39, 0.29) is 11.5 Å². The molecule has 6 nitrogen and oxygen atoms in total. The molecule has 0 unspecified atom stereocenters. The number of amides is 1. The monoisotopic (exact) mass is 361 g/mol. The van der Waals surface area contributed by atoms with Crippen LogP contribution in [-0.4, -0.2) is 47.2 Å². The van der Waals surface area contributed by atoms with Crippen LogP contribution in [0.3, 0.4) is 0 Å². The minimum atomic E-state index is -0.165. The summed E-state index contributed by atoms with van der Waals surface area (Å²) >= 11 is 5.29. The highest BCUT2D eigenvalue weighted by Crippen LogP contribution is 2.19. The Morgan fingerprint density at radius 2 is 2.24 bits per heavy atom. The van der Waals surface area contributed by atoms with Crippen molar-refractivity contribution in [2.75, 3.05) is 26.8 Å². The zero-order valence-electron chi connectivity index (χ0n) is 14.6. The number of likely N-dealkylation sites (tertiary alicyclic amines) is 1. The number of aromatic nitrogens is 2. The van der Waals surface area contributed by atoms with Gasteiger partial charge in [0, 0.05) is 25.8 Å². The lowest BCUT2D eigenvalue weighted by molar-refractivity contribution is 0.0683. The average Bonchev–Trinajstić information content (AvgIpc) is 2.60. The van der Waals surface area contributed by atoms with Gasteiger partial charge >= 0.3 is 0 Å². The number of carbonyl (C=O) groups excluding carboxylic acids is 1. The first-order chi connectivity index (χ1) is 12.0. The van der Waals surface area contributed by atoms with Gasteiger partial charge in [0.15, 0.2) is 4.77 Å². The molecule has 2 aromatic rings. The third-order valence-electron chi connectivity index (χ3n) is 4.69. The highest BCUT2D eigenvalue weighted by Gasteiger charge is 2.22. The summed E-state index contributed by atoms with van der Waals surface area (Å²) < 4.78 is 6.84. The summed E-state index contributed by atoms with van der Waals surface area (Å²) in [6.45, 7) is 4.54. The van der Waals surface area contributed by atoms with Crippen LogP contribution >= 0.6 is 12.2 Å². The quantitative estimate of drug-likeness (QED) is 0.850. The zero-order chi connectivity index (χ0) is 18.0. The number of ether oxygens (including phenoxy) is 1. The van der Waals surface area contributed by atoms with Crippen LogP contribution < -0.4 is 5.56 Å². The van der Waals surface area contributed by atoms with Crippen molar-refractivity contribution in [2.45, 2.75) is 26.3 Å². The number of piperidine rings is 1. The van der Waals surface area contributed by atoms with Gasteiger partial charge in [0.1, 0.15) is 0 Å². The number of methoxy groups -OCH3 is 1. The fourth-order valence-electron chi connectivity index (χ4n) is 3.33. The van der Waals surface area contributed by atoms with Crippen LogP contribution in [0.2, 0.25) is 0 Å². The van der Waals surface area contributed by atoms with Crippen molar-refractivity contribution >= 4 is 29.0 Å². The Morgan fingerprint density at radius 3 is 2.96 bits per heavy atom. The predicted molar refractivity (Wildman–Crippen MR) is 99.6 cm³/mol. The maximum Gasteiger partial charge on any atom is 0.262 e. The van der Waals surface area contributed by atoms with Crippen molar-refractivity contribution in [3.05, 3.63) is 38.9 Å². The molecule has 1 aliphatic heterocycles. The molecule has 25 heavy (non-hydrogen) atoms. The van der Waals surface area contributed by atoms with Crippen LogP contribution in [-0.2, 0) is 11.3 Å². The first-order valence-electron chi connectivity index (χ1n) is 8.56. The second kappa shape index (κ2) is 7.49. The standard InChI is InChI=1S/C18H23N3O3S/c1-12-4-3-7-20(11-12)16(22)13-5-6-14-15(10-13)19-18(25)21(17(14)23)8-9-24-2/h5-6,10,12H,3-4,7-9,11H2,1-2H3,(H,19,25)/t12-/m0/s1. The Hall–Kier alpha value is -1.99. The van der Waals surface area contributed by atoms with Crippen molar-refractivity contribution in [3.8, 4) is 0 Å². The van der Waals surface area contributed by atoms with E-state index in [1.807, 2.05) is 4.90 Å². The molecule has 1 amide bonds. The summed E-state index contributed by atoms with van der Waals surface area (Å²) in [5.41, 5.74) is 1.02. The second-order valence-corrected chi connectivity index (χ2v) is 7.03. The molecular formula is C18H23N3O3S. The van der Waals surface area contributed by atoms with Crippen LogP contribution in [0, 0.1) is 10.7 Å². The van der Waals surface area contributed by atoms with Crippen LogP contribution in [0.4, 0.5) is 0 Å². The molecule has 1 aromatic carbocycles. The van der Waals surface area contributed by atoms with Crippen LogP contribution in [0.25, 0.3) is 10.9 Å². The predicted octanol–water partition coefficient (Wildman–Crippen LogP) is 2.58. The smallest absolute Gasteiger partial charge is 0.262 e. The molecule has 1 fully saturated rings. The van der Waals surface area contributed by atoms with E-state index in [4.69, 9.17) is 17.0 Å². The van der Waals surface area contributed by atoms with Gasteiger partial charge in [-0.3, -0.25) is 14.2 Å². The Morgan fingerprint density at radius 1 is 1.44 bits per heavy atom. The van der Waals surface area contributed by atoms with Gasteiger partial charge in [-0.2, -0.15) is 0 Å². The molecule has 2 heterocycles. The maximum atomic E-state index is 12.8. The van der Waals surface area contributed by atoms with Gasteiger partial charge in [0.2, 0.25) is 0 Å². The van der Waals surface area contributed by atoms with E-state index in [2.05, 4.69) is 11.9 Å². The fraction of sp³-hybridized carbons (Fsp3) is 0.500. The summed E-state index contributed by atoms with van der Waals surface area (Å²) in [6, 6.07) is 5.16. The van der Waals surface area contributed by atoms with E-state index in [0.717, 1.165) is 25.9 Å². The zero-order valence-corrected chi connectivity index (χ0v) is 15.4. The van der Waals surface area contributed by atoms with Gasteiger partial charge in [-0.25, -0.2) is 0 Å². The lowest BCUT2D eigenvalue weighted by Gasteiger charge is -2.31. The molecule has 1 aromatic heterocycles. The van der Waals surface area contributed by atoms with Gasteiger partial charge in [-0.05, 0) is 49.2 Å². The summed E-state index contributed by atoms with van der Waals surface area (Å²) in [6.07, 6.45) is 2.20. The molecule has 0 spiro atoms. The van der Waals surface area contributed by atoms with Gasteiger partial charge in [0.05, 0.1) is 24.1 Å². The van der Waals surface area contributed by atoms with Gasteiger partial charge in [-0.1, -0.05) is 6.92 Å². The van der Waals surface area contributed by atoms with E-state index < -0.39 is 0 Å². The Labute approximate surface area is 151 Å². The second-order valence-electron chi connectivity index (χ2n) is 6.64. The fourth-order valence-corrected chi connectivity index (χ4v) is 3.61. The molecule has 0 saturated carbocycles. The van der Waals surface area contributed by atoms with E-state index in [1.165, 1.54) is 4.57 Å². The van der Waals surface area contributed by atoms with Crippen molar-refractivity contribution in [2.24, 2.45) is 5.92 Å². The maximum absolute atomic E-state index is 12.8. The first kappa shape index (κ1) is 17.8. The highest BCUT2D eigenvalue weighted by molar-refractivity contribution is 7.71.